The summed E-state index contributed by atoms with van der Waals surface area (Å²) >= 11 is 0. The van der Waals surface area contributed by atoms with Gasteiger partial charge in [0.2, 0.25) is 6.10 Å². The van der Waals surface area contributed by atoms with Crippen LogP contribution in [0.1, 0.15) is 6.42 Å². The second kappa shape index (κ2) is 4.30. The molecule has 0 spiro atoms. The number of aldehydes is 1. The molecule has 0 N–H and O–H groups in total. The van der Waals surface area contributed by atoms with Crippen LogP contribution in [0.25, 0.3) is 0 Å². The van der Waals surface area contributed by atoms with Crippen LogP contribution in [-0.4, -0.2) is 44.5 Å². The Labute approximate surface area is 90.6 Å². The van der Waals surface area contributed by atoms with Crippen LogP contribution < -0.4 is 0 Å². The van der Waals surface area contributed by atoms with Gasteiger partial charge < -0.3 is 19.0 Å². The Morgan fingerprint density at radius 3 is 2.50 bits per heavy atom. The monoisotopic (exact) mass is 230 g/mol. The molecular weight excluding hydrogens is 220 g/mol. The molecule has 0 unspecified atom stereocenters. The van der Waals surface area contributed by atoms with E-state index >= 15 is 0 Å². The summed E-state index contributed by atoms with van der Waals surface area (Å²) in [6.45, 7) is 0. The molecule has 1 fully saturated rings. The van der Waals surface area contributed by atoms with Gasteiger partial charge in [-0.2, -0.15) is 0 Å². The number of methoxy groups -OCH3 is 2. The highest BCUT2D eigenvalue weighted by Gasteiger charge is 2.60. The van der Waals surface area contributed by atoms with E-state index in [0.717, 1.165) is 14.2 Å². The van der Waals surface area contributed by atoms with E-state index in [1.807, 2.05) is 0 Å². The predicted molar refractivity (Wildman–Crippen MR) is 47.0 cm³/mol. The first-order valence-corrected chi connectivity index (χ1v) is 4.34. The van der Waals surface area contributed by atoms with Crippen molar-refractivity contribution in [3.63, 3.8) is 0 Å². The number of hydrogen-bond donors (Lipinski definition) is 0. The van der Waals surface area contributed by atoms with Gasteiger partial charge in [0.25, 0.3) is 0 Å². The largest absolute Gasteiger partial charge is 0.468 e. The predicted octanol–water partition coefficient (Wildman–Crippen LogP) is -1.17. The molecule has 1 aliphatic rings. The summed E-state index contributed by atoms with van der Waals surface area (Å²) in [4.78, 5) is 44.8. The molecule has 7 nitrogen and oxygen atoms in total. The van der Waals surface area contributed by atoms with E-state index in [9.17, 15) is 19.2 Å². The minimum Gasteiger partial charge on any atom is -0.468 e. The van der Waals surface area contributed by atoms with Crippen molar-refractivity contribution in [2.75, 3.05) is 14.2 Å². The second-order valence-corrected chi connectivity index (χ2v) is 3.22. The van der Waals surface area contributed by atoms with Crippen LogP contribution in [-0.2, 0) is 33.4 Å². The number of cyclic esters (lactones) is 1. The van der Waals surface area contributed by atoms with Gasteiger partial charge in [0, 0.05) is 0 Å². The normalized spacial score (nSPS) is 28.1. The van der Waals surface area contributed by atoms with Crippen molar-refractivity contribution in [3.8, 4) is 0 Å². The van der Waals surface area contributed by atoms with Gasteiger partial charge in [-0.15, -0.1) is 0 Å². The maximum Gasteiger partial charge on any atom is 0.348 e. The summed E-state index contributed by atoms with van der Waals surface area (Å²) in [6, 6.07) is 0. The molecular formula is C9H10O7. The highest BCUT2D eigenvalue weighted by atomic mass is 16.6. The number of hydrogen-bond acceptors (Lipinski definition) is 7. The molecule has 88 valence electrons. The van der Waals surface area contributed by atoms with Crippen LogP contribution in [0.3, 0.4) is 0 Å². The molecule has 1 rings (SSSR count). The maximum atomic E-state index is 11.4. The van der Waals surface area contributed by atoms with Gasteiger partial charge in [-0.1, -0.05) is 0 Å². The fraction of sp³-hybridized carbons (Fsp3) is 0.556. The van der Waals surface area contributed by atoms with Gasteiger partial charge in [-0.3, -0.25) is 9.59 Å². The standard InChI is InChI=1S/C9H10O7/c1-14-7(12)6-9(4-10,8(13)15-2)3-5(11)16-6/h4,6H,3H2,1-2H3/t6-,9+/m1/s1. The average Bonchev–Trinajstić information content (AvgIpc) is 2.65. The number of carbonyl (C=O) groups is 4. The fourth-order valence-corrected chi connectivity index (χ4v) is 1.50. The van der Waals surface area contributed by atoms with Crippen molar-refractivity contribution in [3.05, 3.63) is 0 Å². The third-order valence-corrected chi connectivity index (χ3v) is 2.35. The maximum absolute atomic E-state index is 11.4. The van der Waals surface area contributed by atoms with E-state index in [2.05, 4.69) is 14.2 Å². The van der Waals surface area contributed by atoms with E-state index in [1.165, 1.54) is 0 Å². The van der Waals surface area contributed by atoms with Crippen molar-refractivity contribution in [2.45, 2.75) is 12.5 Å². The van der Waals surface area contributed by atoms with Crippen molar-refractivity contribution in [1.82, 2.24) is 0 Å². The van der Waals surface area contributed by atoms with Crippen LogP contribution in [0.2, 0.25) is 0 Å². The first-order chi connectivity index (χ1) is 7.51. The highest BCUT2D eigenvalue weighted by Crippen LogP contribution is 2.35. The molecule has 1 heterocycles. The van der Waals surface area contributed by atoms with Gasteiger partial charge in [0.15, 0.2) is 5.41 Å². The lowest BCUT2D eigenvalue weighted by atomic mass is 9.82. The zero-order valence-electron chi connectivity index (χ0n) is 8.72. The van der Waals surface area contributed by atoms with Gasteiger partial charge >= 0.3 is 17.9 Å². The molecule has 0 bridgehead atoms. The Morgan fingerprint density at radius 1 is 1.44 bits per heavy atom. The summed E-state index contributed by atoms with van der Waals surface area (Å²) in [5, 5.41) is 0. The first-order valence-electron chi connectivity index (χ1n) is 4.34. The van der Waals surface area contributed by atoms with Crippen molar-refractivity contribution in [1.29, 1.82) is 0 Å². The smallest absolute Gasteiger partial charge is 0.348 e. The summed E-state index contributed by atoms with van der Waals surface area (Å²) < 4.78 is 13.3. The van der Waals surface area contributed by atoms with Crippen LogP contribution in [0.4, 0.5) is 0 Å². The quantitative estimate of drug-likeness (QED) is 0.261. The first kappa shape index (κ1) is 12.2. The van der Waals surface area contributed by atoms with Crippen molar-refractivity contribution in [2.24, 2.45) is 5.41 Å². The Hall–Kier alpha value is -1.92. The molecule has 0 aliphatic carbocycles. The fourth-order valence-electron chi connectivity index (χ4n) is 1.50. The SMILES string of the molecule is COC(=O)[C@H]1OC(=O)C[C@@]1(C=O)C(=O)OC. The van der Waals surface area contributed by atoms with Crippen LogP contribution in [0.5, 0.6) is 0 Å². The summed E-state index contributed by atoms with van der Waals surface area (Å²) in [5.74, 6) is -2.79. The van der Waals surface area contributed by atoms with Gasteiger partial charge in [-0.25, -0.2) is 4.79 Å². The Balaban J connectivity index is 3.14. The van der Waals surface area contributed by atoms with E-state index in [4.69, 9.17) is 0 Å². The van der Waals surface area contributed by atoms with E-state index in [1.54, 1.807) is 0 Å². The third-order valence-electron chi connectivity index (χ3n) is 2.35. The van der Waals surface area contributed by atoms with Crippen molar-refractivity contribution < 1.29 is 33.4 Å². The van der Waals surface area contributed by atoms with Crippen LogP contribution >= 0.6 is 0 Å². The molecule has 0 saturated carbocycles. The molecule has 0 aromatic heterocycles. The molecule has 0 radical (unpaired) electrons. The minimum atomic E-state index is -1.93. The van der Waals surface area contributed by atoms with E-state index in [0.29, 0.717) is 0 Å². The molecule has 16 heavy (non-hydrogen) atoms. The Bertz CT molecular complexity index is 348. The summed E-state index contributed by atoms with van der Waals surface area (Å²) in [6.07, 6.45) is -1.91. The topological polar surface area (TPSA) is 96.0 Å². The number of ether oxygens (including phenoxy) is 3. The number of carbonyl (C=O) groups excluding carboxylic acids is 4. The molecule has 7 heteroatoms. The zero-order valence-corrected chi connectivity index (χ0v) is 8.72. The molecule has 0 aromatic carbocycles. The summed E-state index contributed by atoms with van der Waals surface area (Å²) in [7, 11) is 2.10. The summed E-state index contributed by atoms with van der Waals surface area (Å²) in [5.41, 5.74) is -1.93. The molecule has 2 atom stereocenters. The van der Waals surface area contributed by atoms with Gasteiger partial charge in [0.05, 0.1) is 20.6 Å². The number of rotatable bonds is 3. The average molecular weight is 230 g/mol. The second-order valence-electron chi connectivity index (χ2n) is 3.22. The van der Waals surface area contributed by atoms with Crippen LogP contribution in [0, 0.1) is 5.41 Å². The Morgan fingerprint density at radius 2 is 2.06 bits per heavy atom. The number of esters is 3. The Kier molecular flexibility index (Phi) is 3.26. The highest BCUT2D eigenvalue weighted by molar-refractivity contribution is 6.05. The third kappa shape index (κ3) is 1.64. The lowest BCUT2D eigenvalue weighted by molar-refractivity contribution is -0.171. The zero-order chi connectivity index (χ0) is 12.3. The van der Waals surface area contributed by atoms with Crippen LogP contribution in [0.15, 0.2) is 0 Å². The van der Waals surface area contributed by atoms with Crippen molar-refractivity contribution >= 4 is 24.2 Å². The van der Waals surface area contributed by atoms with E-state index in [-0.39, 0.29) is 6.29 Å². The molecule has 1 aliphatic heterocycles. The lowest BCUT2D eigenvalue weighted by Crippen LogP contribution is -2.46. The van der Waals surface area contributed by atoms with E-state index < -0.39 is 35.8 Å². The molecule has 0 aromatic rings. The lowest BCUT2D eigenvalue weighted by Gasteiger charge is -2.21. The van der Waals surface area contributed by atoms with Gasteiger partial charge in [0.1, 0.15) is 6.29 Å². The van der Waals surface area contributed by atoms with Gasteiger partial charge in [-0.05, 0) is 0 Å². The molecule has 0 amide bonds. The minimum absolute atomic E-state index is 0.186. The molecule has 1 saturated heterocycles.